The van der Waals surface area contributed by atoms with Crippen molar-refractivity contribution in [3.8, 4) is 28.6 Å². The lowest BCUT2D eigenvalue weighted by molar-refractivity contribution is 0.367. The summed E-state index contributed by atoms with van der Waals surface area (Å²) in [5.74, 6) is -0.975. The van der Waals surface area contributed by atoms with Crippen molar-refractivity contribution in [2.45, 2.75) is 0 Å². The Kier molecular flexibility index (Phi) is 3.82. The van der Waals surface area contributed by atoms with Gasteiger partial charge < -0.3 is 15.3 Å². The minimum Gasteiger partial charge on any atom is -0.504 e. The number of phenols is 3. The molecule has 2 aromatic carbocycles. The van der Waals surface area contributed by atoms with Crippen LogP contribution in [0.4, 0.5) is 0 Å². The molecule has 0 aliphatic rings. The van der Waals surface area contributed by atoms with Gasteiger partial charge in [-0.3, -0.25) is 0 Å². The topological polar surface area (TPSA) is 107 Å². The molecular weight excluding hydrogens is 316 g/mol. The molecule has 116 valence electrons. The highest BCUT2D eigenvalue weighted by atomic mass is 32.1. The van der Waals surface area contributed by atoms with Crippen LogP contribution in [-0.4, -0.2) is 36.4 Å². The maximum absolute atomic E-state index is 9.80. The maximum atomic E-state index is 9.80. The highest BCUT2D eigenvalue weighted by Crippen LogP contribution is 2.36. The fraction of sp³-hybridized carbons (Fsp3) is 0. The van der Waals surface area contributed by atoms with Crippen molar-refractivity contribution < 1.29 is 15.3 Å². The fourth-order valence-electron chi connectivity index (χ4n) is 1.98. The number of aromatic nitrogens is 3. The molecule has 8 heteroatoms. The first-order valence-electron chi connectivity index (χ1n) is 6.59. The predicted molar refractivity (Wildman–Crippen MR) is 87.3 cm³/mol. The lowest BCUT2D eigenvalue weighted by Crippen LogP contribution is -1.95. The zero-order valence-electron chi connectivity index (χ0n) is 11.7. The lowest BCUT2D eigenvalue weighted by atomic mass is 10.2. The number of benzene rings is 2. The summed E-state index contributed by atoms with van der Waals surface area (Å²) < 4.78 is 1.68. The van der Waals surface area contributed by atoms with Crippen LogP contribution in [0.25, 0.3) is 11.4 Å². The van der Waals surface area contributed by atoms with Crippen LogP contribution in [0.5, 0.6) is 17.2 Å². The molecule has 4 N–H and O–H groups in total. The molecule has 3 aromatic rings. The number of hydrogen-bond donors (Lipinski definition) is 4. The van der Waals surface area contributed by atoms with E-state index >= 15 is 0 Å². The van der Waals surface area contributed by atoms with Gasteiger partial charge >= 0.3 is 0 Å². The van der Waals surface area contributed by atoms with Gasteiger partial charge in [-0.05, 0) is 24.4 Å². The summed E-state index contributed by atoms with van der Waals surface area (Å²) in [6.07, 6.45) is 1.31. The third-order valence-corrected chi connectivity index (χ3v) is 3.42. The largest absolute Gasteiger partial charge is 0.504 e. The van der Waals surface area contributed by atoms with E-state index in [4.69, 9.17) is 12.2 Å². The van der Waals surface area contributed by atoms with E-state index in [0.717, 1.165) is 5.56 Å². The molecule has 0 spiro atoms. The third kappa shape index (κ3) is 2.79. The summed E-state index contributed by atoms with van der Waals surface area (Å²) in [5.41, 5.74) is 1.04. The van der Waals surface area contributed by atoms with Gasteiger partial charge in [0, 0.05) is 11.1 Å². The summed E-state index contributed by atoms with van der Waals surface area (Å²) in [7, 11) is 0. The first-order chi connectivity index (χ1) is 11.1. The molecule has 0 atom stereocenters. The minimum absolute atomic E-state index is 0.224. The molecule has 0 amide bonds. The average molecular weight is 328 g/mol. The van der Waals surface area contributed by atoms with Crippen molar-refractivity contribution in [2.75, 3.05) is 0 Å². The molecule has 0 saturated heterocycles. The van der Waals surface area contributed by atoms with Gasteiger partial charge in [0.25, 0.3) is 0 Å². The SMILES string of the molecule is Oc1ccc(/C=N/n2c(-c3ccccc3)n[nH]c2=S)c(O)c1O. The Balaban J connectivity index is 2.03. The van der Waals surface area contributed by atoms with E-state index in [2.05, 4.69) is 15.3 Å². The van der Waals surface area contributed by atoms with Crippen LogP contribution in [0, 0.1) is 4.77 Å². The van der Waals surface area contributed by atoms with Crippen molar-refractivity contribution in [1.82, 2.24) is 14.9 Å². The Hall–Kier alpha value is -3.13. The van der Waals surface area contributed by atoms with Gasteiger partial charge in [0.05, 0.1) is 6.21 Å². The molecule has 0 radical (unpaired) electrons. The van der Waals surface area contributed by atoms with E-state index in [0.29, 0.717) is 5.82 Å². The van der Waals surface area contributed by atoms with Crippen molar-refractivity contribution in [1.29, 1.82) is 0 Å². The highest BCUT2D eigenvalue weighted by molar-refractivity contribution is 7.71. The van der Waals surface area contributed by atoms with Crippen molar-refractivity contribution in [2.24, 2.45) is 5.10 Å². The van der Waals surface area contributed by atoms with E-state index in [-0.39, 0.29) is 10.3 Å². The Morgan fingerprint density at radius 1 is 1.04 bits per heavy atom. The van der Waals surface area contributed by atoms with Crippen LogP contribution in [0.1, 0.15) is 5.56 Å². The Labute approximate surface area is 135 Å². The second-order valence-corrected chi connectivity index (χ2v) is 5.03. The molecule has 1 aromatic heterocycles. The van der Waals surface area contributed by atoms with E-state index in [1.54, 1.807) is 0 Å². The molecule has 0 unspecified atom stereocenters. The van der Waals surface area contributed by atoms with Crippen LogP contribution in [0.3, 0.4) is 0 Å². The Bertz CT molecular complexity index is 932. The molecule has 7 nitrogen and oxygen atoms in total. The van der Waals surface area contributed by atoms with E-state index in [1.807, 2.05) is 30.3 Å². The van der Waals surface area contributed by atoms with Gasteiger partial charge in [-0.2, -0.15) is 14.9 Å². The van der Waals surface area contributed by atoms with Crippen LogP contribution in [0.2, 0.25) is 0 Å². The van der Waals surface area contributed by atoms with Gasteiger partial charge in [0.15, 0.2) is 17.3 Å². The molecular formula is C15H12N4O3S. The summed E-state index contributed by atoms with van der Waals surface area (Å²) in [6, 6.07) is 12.0. The van der Waals surface area contributed by atoms with Crippen molar-refractivity contribution in [3.63, 3.8) is 0 Å². The number of rotatable bonds is 3. The highest BCUT2D eigenvalue weighted by Gasteiger charge is 2.11. The number of aromatic hydroxyl groups is 3. The van der Waals surface area contributed by atoms with E-state index in [9.17, 15) is 15.3 Å². The third-order valence-electron chi connectivity index (χ3n) is 3.16. The summed E-state index contributed by atoms with van der Waals surface area (Å²) in [6.45, 7) is 0. The van der Waals surface area contributed by atoms with Gasteiger partial charge in [-0.25, -0.2) is 5.10 Å². The maximum Gasteiger partial charge on any atom is 0.216 e. The van der Waals surface area contributed by atoms with Gasteiger partial charge in [-0.15, -0.1) is 0 Å². The number of nitrogens with zero attached hydrogens (tertiary/aromatic N) is 3. The van der Waals surface area contributed by atoms with Gasteiger partial charge in [0.1, 0.15) is 0 Å². The first-order valence-corrected chi connectivity index (χ1v) is 7.00. The lowest BCUT2D eigenvalue weighted by Gasteiger charge is -2.04. The summed E-state index contributed by atoms with van der Waals surface area (Å²) in [5, 5.41) is 39.6. The van der Waals surface area contributed by atoms with Gasteiger partial charge in [0.2, 0.25) is 10.5 Å². The minimum atomic E-state index is -0.604. The monoisotopic (exact) mass is 328 g/mol. The molecule has 0 aliphatic heterocycles. The Morgan fingerprint density at radius 2 is 1.78 bits per heavy atom. The number of H-pyrrole nitrogens is 1. The molecule has 0 aliphatic carbocycles. The smallest absolute Gasteiger partial charge is 0.216 e. The number of hydrogen-bond acceptors (Lipinski definition) is 6. The van der Waals surface area contributed by atoms with Crippen LogP contribution < -0.4 is 0 Å². The zero-order chi connectivity index (χ0) is 16.4. The van der Waals surface area contributed by atoms with Gasteiger partial charge in [-0.1, -0.05) is 30.3 Å². The Morgan fingerprint density at radius 3 is 2.52 bits per heavy atom. The quantitative estimate of drug-likeness (QED) is 0.336. The summed E-state index contributed by atoms with van der Waals surface area (Å²) in [4.78, 5) is 0. The first kappa shape index (κ1) is 14.8. The second-order valence-electron chi connectivity index (χ2n) is 4.65. The van der Waals surface area contributed by atoms with Crippen LogP contribution >= 0.6 is 12.2 Å². The van der Waals surface area contributed by atoms with E-state index in [1.165, 1.54) is 23.0 Å². The predicted octanol–water partition coefficient (Wildman–Crippen LogP) is 2.61. The second kappa shape index (κ2) is 5.93. The number of nitrogens with one attached hydrogen (secondary N) is 1. The number of aromatic amines is 1. The number of phenolic OH excluding ortho intramolecular Hbond substituents is 3. The zero-order valence-corrected chi connectivity index (χ0v) is 12.5. The molecule has 23 heavy (non-hydrogen) atoms. The molecule has 0 saturated carbocycles. The molecule has 3 rings (SSSR count). The van der Waals surface area contributed by atoms with Crippen molar-refractivity contribution in [3.05, 3.63) is 52.8 Å². The van der Waals surface area contributed by atoms with E-state index < -0.39 is 17.2 Å². The van der Waals surface area contributed by atoms with Crippen LogP contribution in [-0.2, 0) is 0 Å². The summed E-state index contributed by atoms with van der Waals surface area (Å²) >= 11 is 5.15. The standard InChI is InChI=1S/C15H12N4O3S/c20-11-7-6-10(12(21)13(11)22)8-16-19-14(17-18-15(19)23)9-4-2-1-3-5-9/h1-8,20-22H,(H,18,23)/b16-8+. The fourth-order valence-corrected chi connectivity index (χ4v) is 2.16. The van der Waals surface area contributed by atoms with Crippen LogP contribution in [0.15, 0.2) is 47.6 Å². The molecule has 0 fully saturated rings. The van der Waals surface area contributed by atoms with Crippen molar-refractivity contribution >= 4 is 18.4 Å². The molecule has 1 heterocycles. The average Bonchev–Trinajstić information content (AvgIpc) is 2.94. The normalized spacial score (nSPS) is 11.1. The molecule has 0 bridgehead atoms.